The van der Waals surface area contributed by atoms with Crippen LogP contribution in [0.4, 0.5) is 5.82 Å². The molecule has 1 aromatic heterocycles. The average molecular weight is 373 g/mol. The molecule has 1 aliphatic carbocycles. The van der Waals surface area contributed by atoms with Crippen LogP contribution in [0.15, 0.2) is 12.1 Å². The van der Waals surface area contributed by atoms with Gasteiger partial charge in [-0.3, -0.25) is 9.36 Å². The van der Waals surface area contributed by atoms with E-state index in [1.54, 1.807) is 20.3 Å². The van der Waals surface area contributed by atoms with Crippen LogP contribution in [0, 0.1) is 10.7 Å². The number of carbonyl (C=O) groups excluding carboxylic acids is 1. The summed E-state index contributed by atoms with van der Waals surface area (Å²) in [5, 5.41) is 3.85. The molecule has 2 heterocycles. The Balaban J connectivity index is 1.80. The lowest BCUT2D eigenvalue weighted by Crippen LogP contribution is -2.20. The van der Waals surface area contributed by atoms with Gasteiger partial charge in [-0.05, 0) is 30.6 Å². The van der Waals surface area contributed by atoms with Gasteiger partial charge in [-0.1, -0.05) is 32.1 Å². The second-order valence-electron chi connectivity index (χ2n) is 7.08. The zero-order valence-corrected chi connectivity index (χ0v) is 15.9. The Labute approximate surface area is 157 Å². The van der Waals surface area contributed by atoms with E-state index in [4.69, 9.17) is 21.7 Å². The second-order valence-corrected chi connectivity index (χ2v) is 7.45. The number of carbonyl (C=O) groups is 1. The van der Waals surface area contributed by atoms with E-state index in [-0.39, 0.29) is 11.9 Å². The van der Waals surface area contributed by atoms with Gasteiger partial charge < -0.3 is 14.8 Å². The number of hydrogen-bond donors (Lipinski definition) is 1. The van der Waals surface area contributed by atoms with Gasteiger partial charge in [-0.25, -0.2) is 4.98 Å². The van der Waals surface area contributed by atoms with Crippen LogP contribution in [0.2, 0.25) is 0 Å². The predicted molar refractivity (Wildman–Crippen MR) is 103 cm³/mol. The fourth-order valence-electron chi connectivity index (χ4n) is 4.22. The quantitative estimate of drug-likeness (QED) is 0.812. The van der Waals surface area contributed by atoms with E-state index in [0.29, 0.717) is 33.5 Å². The molecule has 2 aromatic rings. The predicted octanol–water partition coefficient (Wildman–Crippen LogP) is 4.25. The van der Waals surface area contributed by atoms with E-state index < -0.39 is 0 Å². The van der Waals surface area contributed by atoms with Crippen molar-refractivity contribution in [3.8, 4) is 11.5 Å². The van der Waals surface area contributed by atoms with Crippen molar-refractivity contribution >= 4 is 34.8 Å². The molecule has 138 valence electrons. The van der Waals surface area contributed by atoms with E-state index in [0.717, 1.165) is 11.8 Å². The number of methoxy groups -OCH3 is 2. The molecule has 0 radical (unpaired) electrons. The number of fused-ring (bicyclic) bond motifs is 3. The van der Waals surface area contributed by atoms with Crippen molar-refractivity contribution in [3.05, 3.63) is 16.9 Å². The molecule has 26 heavy (non-hydrogen) atoms. The monoisotopic (exact) mass is 373 g/mol. The summed E-state index contributed by atoms with van der Waals surface area (Å²) in [5.74, 6) is 2.49. The van der Waals surface area contributed by atoms with Gasteiger partial charge in [0, 0.05) is 11.5 Å². The van der Waals surface area contributed by atoms with Gasteiger partial charge in [-0.2, -0.15) is 0 Å². The van der Waals surface area contributed by atoms with Crippen LogP contribution in [0.3, 0.4) is 0 Å². The molecule has 0 bridgehead atoms. The van der Waals surface area contributed by atoms with Crippen LogP contribution < -0.4 is 14.8 Å². The van der Waals surface area contributed by atoms with Gasteiger partial charge in [0.1, 0.15) is 11.9 Å². The first-order valence-electron chi connectivity index (χ1n) is 9.11. The number of amides is 1. The topological polar surface area (TPSA) is 65.4 Å². The minimum absolute atomic E-state index is 0.00533. The van der Waals surface area contributed by atoms with Crippen LogP contribution in [0.1, 0.15) is 44.6 Å². The van der Waals surface area contributed by atoms with Crippen molar-refractivity contribution in [3.63, 3.8) is 0 Å². The Morgan fingerprint density at radius 2 is 1.88 bits per heavy atom. The molecule has 1 atom stereocenters. The van der Waals surface area contributed by atoms with Crippen molar-refractivity contribution in [2.45, 2.75) is 44.6 Å². The number of benzene rings is 1. The maximum absolute atomic E-state index is 12.7. The number of hydrogen-bond acceptors (Lipinski definition) is 5. The molecule has 4 rings (SSSR count). The Kier molecular flexibility index (Phi) is 4.56. The molecule has 0 saturated heterocycles. The van der Waals surface area contributed by atoms with Crippen molar-refractivity contribution in [2.24, 2.45) is 5.92 Å². The van der Waals surface area contributed by atoms with Gasteiger partial charge in [0.25, 0.3) is 0 Å². The fourth-order valence-corrected chi connectivity index (χ4v) is 4.53. The van der Waals surface area contributed by atoms with Crippen LogP contribution in [-0.4, -0.2) is 29.7 Å². The van der Waals surface area contributed by atoms with E-state index >= 15 is 0 Å². The molecular formula is C19H23N3O3S. The Morgan fingerprint density at radius 3 is 2.58 bits per heavy atom. The summed E-state index contributed by atoms with van der Waals surface area (Å²) in [4.78, 5) is 17.3. The summed E-state index contributed by atoms with van der Waals surface area (Å²) >= 11 is 5.53. The highest BCUT2D eigenvalue weighted by atomic mass is 32.1. The number of ether oxygens (including phenoxy) is 2. The highest BCUT2D eigenvalue weighted by molar-refractivity contribution is 7.71. The van der Waals surface area contributed by atoms with E-state index in [2.05, 4.69) is 10.3 Å². The molecule has 1 aliphatic heterocycles. The first-order valence-corrected chi connectivity index (χ1v) is 9.52. The summed E-state index contributed by atoms with van der Waals surface area (Å²) in [6.45, 7) is 0. The van der Waals surface area contributed by atoms with Crippen LogP contribution in [0.25, 0.3) is 10.9 Å². The highest BCUT2D eigenvalue weighted by Crippen LogP contribution is 2.40. The normalized spacial score (nSPS) is 20.1. The molecule has 2 aliphatic rings. The third-order valence-corrected chi connectivity index (χ3v) is 5.85. The van der Waals surface area contributed by atoms with Gasteiger partial charge >= 0.3 is 0 Å². The smallest absolute Gasteiger partial charge is 0.248 e. The summed E-state index contributed by atoms with van der Waals surface area (Å²) in [6.07, 6.45) is 7.02. The summed E-state index contributed by atoms with van der Waals surface area (Å²) < 4.78 is 13.1. The van der Waals surface area contributed by atoms with Crippen LogP contribution in [-0.2, 0) is 4.79 Å². The fraction of sp³-hybridized carbons (Fsp3) is 0.526. The summed E-state index contributed by atoms with van der Waals surface area (Å²) in [6, 6.07) is 3.38. The SMILES string of the molecule is COc1cc2nc(=S)n3c(c2cc1OC)NC(=O)[C@H]3CC1CCCCC1. The molecule has 6 nitrogen and oxygen atoms in total. The Morgan fingerprint density at radius 1 is 1.19 bits per heavy atom. The molecule has 7 heteroatoms. The van der Waals surface area contributed by atoms with Gasteiger partial charge in [0.2, 0.25) is 10.7 Å². The van der Waals surface area contributed by atoms with Gasteiger partial charge in [0.05, 0.1) is 19.7 Å². The summed E-state index contributed by atoms with van der Waals surface area (Å²) in [7, 11) is 3.18. The molecule has 0 spiro atoms. The van der Waals surface area contributed by atoms with E-state index in [1.165, 1.54) is 32.1 Å². The maximum atomic E-state index is 12.7. The van der Waals surface area contributed by atoms with Crippen LogP contribution in [0.5, 0.6) is 11.5 Å². The molecular weight excluding hydrogens is 350 g/mol. The lowest BCUT2D eigenvalue weighted by atomic mass is 9.85. The molecule has 1 amide bonds. The van der Waals surface area contributed by atoms with E-state index in [1.807, 2.05) is 10.6 Å². The number of anilines is 1. The lowest BCUT2D eigenvalue weighted by Gasteiger charge is -2.24. The second kappa shape index (κ2) is 6.87. The largest absolute Gasteiger partial charge is 0.493 e. The van der Waals surface area contributed by atoms with Crippen molar-refractivity contribution in [1.29, 1.82) is 0 Å². The maximum Gasteiger partial charge on any atom is 0.248 e. The van der Waals surface area contributed by atoms with Crippen molar-refractivity contribution < 1.29 is 14.3 Å². The minimum atomic E-state index is -0.273. The third kappa shape index (κ3) is 2.84. The first-order chi connectivity index (χ1) is 12.6. The number of aromatic nitrogens is 2. The Hall–Kier alpha value is -2.15. The van der Waals surface area contributed by atoms with Crippen molar-refractivity contribution in [2.75, 3.05) is 19.5 Å². The van der Waals surface area contributed by atoms with Gasteiger partial charge in [-0.15, -0.1) is 0 Å². The standard InChI is InChI=1S/C19H23N3O3S/c1-24-15-9-12-13(10-16(15)25-2)20-19(26)22-14(18(23)21-17(12)22)8-11-6-4-3-5-7-11/h9-11,14H,3-8H2,1-2H3,(H,21,23)/t14-/m1/s1. The van der Waals surface area contributed by atoms with E-state index in [9.17, 15) is 4.79 Å². The summed E-state index contributed by atoms with van der Waals surface area (Å²) in [5.41, 5.74) is 0.692. The highest BCUT2D eigenvalue weighted by Gasteiger charge is 2.34. The third-order valence-electron chi connectivity index (χ3n) is 5.56. The molecule has 1 fully saturated rings. The van der Waals surface area contributed by atoms with Crippen molar-refractivity contribution in [1.82, 2.24) is 9.55 Å². The van der Waals surface area contributed by atoms with Crippen LogP contribution >= 0.6 is 12.2 Å². The lowest BCUT2D eigenvalue weighted by molar-refractivity contribution is -0.118. The minimum Gasteiger partial charge on any atom is -0.493 e. The molecule has 0 unspecified atom stereocenters. The zero-order valence-electron chi connectivity index (χ0n) is 15.1. The number of nitrogens with zero attached hydrogens (tertiary/aromatic N) is 2. The number of rotatable bonds is 4. The average Bonchev–Trinajstić information content (AvgIpc) is 2.98. The first kappa shape index (κ1) is 17.3. The molecule has 1 N–H and O–H groups in total. The Bertz CT molecular complexity index is 918. The molecule has 1 aromatic carbocycles. The van der Waals surface area contributed by atoms with Gasteiger partial charge in [0.15, 0.2) is 11.5 Å². The molecule has 1 saturated carbocycles. The zero-order chi connectivity index (χ0) is 18.3. The number of nitrogens with one attached hydrogen (secondary N) is 1.